The summed E-state index contributed by atoms with van der Waals surface area (Å²) in [5.74, 6) is 1.54. The molecule has 0 spiro atoms. The largest absolute Gasteiger partial charge is 0.341 e. The molecule has 3 nitrogen and oxygen atoms in total. The van der Waals surface area contributed by atoms with Crippen LogP contribution in [0.25, 0.3) is 0 Å². The predicted molar refractivity (Wildman–Crippen MR) is 76.0 cm³/mol. The smallest absolute Gasteiger partial charge is 0.236 e. The minimum Gasteiger partial charge on any atom is -0.341 e. The van der Waals surface area contributed by atoms with E-state index >= 15 is 0 Å². The second-order valence-electron chi connectivity index (χ2n) is 5.97. The van der Waals surface area contributed by atoms with Crippen molar-refractivity contribution < 1.29 is 4.79 Å². The van der Waals surface area contributed by atoms with E-state index in [4.69, 9.17) is 0 Å². The van der Waals surface area contributed by atoms with Gasteiger partial charge >= 0.3 is 0 Å². The van der Waals surface area contributed by atoms with Crippen molar-refractivity contribution in [3.63, 3.8) is 0 Å². The average Bonchev–Trinajstić information content (AvgIpc) is 3.09. The third-order valence-electron chi connectivity index (χ3n) is 4.31. The lowest BCUT2D eigenvalue weighted by molar-refractivity contribution is -0.129. The van der Waals surface area contributed by atoms with E-state index in [0.29, 0.717) is 24.4 Å². The molecule has 19 heavy (non-hydrogen) atoms. The Morgan fingerprint density at radius 1 is 1.37 bits per heavy atom. The zero-order valence-electron chi connectivity index (χ0n) is 11.5. The normalized spacial score (nSPS) is 29.5. The fraction of sp³-hybridized carbons (Fsp3) is 0.562. The van der Waals surface area contributed by atoms with E-state index < -0.39 is 0 Å². The molecule has 0 bridgehead atoms. The number of hydrogen-bond donors (Lipinski definition) is 1. The van der Waals surface area contributed by atoms with Crippen LogP contribution in [0.2, 0.25) is 0 Å². The van der Waals surface area contributed by atoms with Crippen molar-refractivity contribution in [3.05, 3.63) is 35.9 Å². The SMILES string of the molecule is C[C@@H]1CCN(C(=O)CNC2CC2c2ccccc2)C1. The van der Waals surface area contributed by atoms with Gasteiger partial charge in [-0.25, -0.2) is 0 Å². The number of carbonyl (C=O) groups is 1. The zero-order valence-corrected chi connectivity index (χ0v) is 11.5. The van der Waals surface area contributed by atoms with Crippen molar-refractivity contribution in [1.29, 1.82) is 0 Å². The van der Waals surface area contributed by atoms with Gasteiger partial charge in [0.15, 0.2) is 0 Å². The van der Waals surface area contributed by atoms with Crippen LogP contribution in [0.4, 0.5) is 0 Å². The average molecular weight is 258 g/mol. The molecule has 0 radical (unpaired) electrons. The first kappa shape index (κ1) is 12.7. The first-order valence-electron chi connectivity index (χ1n) is 7.30. The molecule has 3 heteroatoms. The Hall–Kier alpha value is -1.35. The highest BCUT2D eigenvalue weighted by atomic mass is 16.2. The molecular weight excluding hydrogens is 236 g/mol. The predicted octanol–water partition coefficient (Wildman–Crippen LogP) is 2.00. The van der Waals surface area contributed by atoms with E-state index in [1.807, 2.05) is 11.0 Å². The van der Waals surface area contributed by atoms with Gasteiger partial charge in [-0.05, 0) is 24.3 Å². The molecule has 3 atom stereocenters. The lowest BCUT2D eigenvalue weighted by Crippen LogP contribution is -2.37. The summed E-state index contributed by atoms with van der Waals surface area (Å²) in [6.07, 6.45) is 2.31. The number of nitrogens with one attached hydrogen (secondary N) is 1. The molecule has 3 rings (SSSR count). The minimum absolute atomic E-state index is 0.267. The van der Waals surface area contributed by atoms with E-state index in [2.05, 4.69) is 36.5 Å². The van der Waals surface area contributed by atoms with Crippen molar-refractivity contribution >= 4 is 5.91 Å². The number of amides is 1. The number of hydrogen-bond acceptors (Lipinski definition) is 2. The number of nitrogens with zero attached hydrogens (tertiary/aromatic N) is 1. The van der Waals surface area contributed by atoms with Gasteiger partial charge in [0, 0.05) is 25.0 Å². The van der Waals surface area contributed by atoms with E-state index in [-0.39, 0.29) is 5.91 Å². The maximum absolute atomic E-state index is 12.0. The van der Waals surface area contributed by atoms with Gasteiger partial charge in [0.2, 0.25) is 5.91 Å². The van der Waals surface area contributed by atoms with Gasteiger partial charge < -0.3 is 10.2 Å². The van der Waals surface area contributed by atoms with Crippen LogP contribution in [-0.2, 0) is 4.79 Å². The number of benzene rings is 1. The van der Waals surface area contributed by atoms with Crippen LogP contribution in [0, 0.1) is 5.92 Å². The van der Waals surface area contributed by atoms with Gasteiger partial charge in [-0.3, -0.25) is 4.79 Å². The molecule has 1 N–H and O–H groups in total. The quantitative estimate of drug-likeness (QED) is 0.896. The molecule has 1 aliphatic carbocycles. The Morgan fingerprint density at radius 3 is 2.84 bits per heavy atom. The fourth-order valence-electron chi connectivity index (χ4n) is 2.98. The molecule has 1 saturated heterocycles. The third kappa shape index (κ3) is 2.98. The first-order valence-corrected chi connectivity index (χ1v) is 7.30. The van der Waals surface area contributed by atoms with E-state index in [1.54, 1.807) is 0 Å². The van der Waals surface area contributed by atoms with E-state index in [0.717, 1.165) is 25.9 Å². The Bertz CT molecular complexity index is 445. The molecule has 1 aliphatic heterocycles. The molecule has 0 aromatic heterocycles. The lowest BCUT2D eigenvalue weighted by atomic mass is 10.1. The van der Waals surface area contributed by atoms with Gasteiger partial charge in [0.1, 0.15) is 0 Å². The topological polar surface area (TPSA) is 32.3 Å². The summed E-state index contributed by atoms with van der Waals surface area (Å²) in [7, 11) is 0. The van der Waals surface area contributed by atoms with Crippen LogP contribution in [-0.4, -0.2) is 36.5 Å². The summed E-state index contributed by atoms with van der Waals surface area (Å²) in [6.45, 7) is 4.59. The Kier molecular flexibility index (Phi) is 3.56. The summed E-state index contributed by atoms with van der Waals surface area (Å²) in [5.41, 5.74) is 1.39. The summed E-state index contributed by atoms with van der Waals surface area (Å²) < 4.78 is 0. The number of likely N-dealkylation sites (tertiary alicyclic amines) is 1. The van der Waals surface area contributed by atoms with Crippen LogP contribution < -0.4 is 5.32 Å². The Balaban J connectivity index is 1.43. The van der Waals surface area contributed by atoms with Crippen LogP contribution in [0.15, 0.2) is 30.3 Å². The van der Waals surface area contributed by atoms with Crippen molar-refractivity contribution in [2.75, 3.05) is 19.6 Å². The molecule has 2 fully saturated rings. The zero-order chi connectivity index (χ0) is 13.2. The number of rotatable bonds is 4. The highest BCUT2D eigenvalue weighted by Crippen LogP contribution is 2.40. The van der Waals surface area contributed by atoms with Crippen molar-refractivity contribution in [2.24, 2.45) is 5.92 Å². The van der Waals surface area contributed by atoms with Gasteiger partial charge in [-0.1, -0.05) is 37.3 Å². The minimum atomic E-state index is 0.267. The molecule has 1 heterocycles. The summed E-state index contributed by atoms with van der Waals surface area (Å²) in [4.78, 5) is 14.0. The molecule has 1 amide bonds. The van der Waals surface area contributed by atoms with Gasteiger partial charge in [0.05, 0.1) is 6.54 Å². The lowest BCUT2D eigenvalue weighted by Gasteiger charge is -2.16. The highest BCUT2D eigenvalue weighted by Gasteiger charge is 2.38. The molecule has 2 aliphatic rings. The van der Waals surface area contributed by atoms with Crippen molar-refractivity contribution in [3.8, 4) is 0 Å². The molecule has 1 aromatic rings. The summed E-state index contributed by atoms with van der Waals surface area (Å²) in [5, 5.41) is 3.41. The standard InChI is InChI=1S/C16H22N2O/c1-12-7-8-18(11-12)16(19)10-17-15-9-14(15)13-5-3-2-4-6-13/h2-6,12,14-15,17H,7-11H2,1H3/t12-,14?,15?/m1/s1. The summed E-state index contributed by atoms with van der Waals surface area (Å²) in [6, 6.07) is 11.1. The second-order valence-corrected chi connectivity index (χ2v) is 5.97. The fourth-order valence-corrected chi connectivity index (χ4v) is 2.98. The van der Waals surface area contributed by atoms with Gasteiger partial charge in [0.25, 0.3) is 0 Å². The Morgan fingerprint density at radius 2 is 2.16 bits per heavy atom. The van der Waals surface area contributed by atoms with Crippen molar-refractivity contribution in [2.45, 2.75) is 31.7 Å². The molecule has 2 unspecified atom stereocenters. The van der Waals surface area contributed by atoms with Crippen LogP contribution in [0.3, 0.4) is 0 Å². The van der Waals surface area contributed by atoms with Crippen LogP contribution in [0.1, 0.15) is 31.2 Å². The molecule has 102 valence electrons. The maximum atomic E-state index is 12.0. The monoisotopic (exact) mass is 258 g/mol. The first-order chi connectivity index (χ1) is 9.24. The summed E-state index contributed by atoms with van der Waals surface area (Å²) >= 11 is 0. The van der Waals surface area contributed by atoms with E-state index in [1.165, 1.54) is 5.56 Å². The Labute approximate surface area is 115 Å². The van der Waals surface area contributed by atoms with Gasteiger partial charge in [-0.15, -0.1) is 0 Å². The second kappa shape index (κ2) is 5.33. The van der Waals surface area contributed by atoms with Crippen LogP contribution in [0.5, 0.6) is 0 Å². The van der Waals surface area contributed by atoms with Gasteiger partial charge in [-0.2, -0.15) is 0 Å². The van der Waals surface area contributed by atoms with Crippen LogP contribution >= 0.6 is 0 Å². The third-order valence-corrected chi connectivity index (χ3v) is 4.31. The molecular formula is C16H22N2O. The number of carbonyl (C=O) groups excluding carboxylic acids is 1. The molecule has 1 saturated carbocycles. The molecule has 1 aromatic carbocycles. The van der Waals surface area contributed by atoms with E-state index in [9.17, 15) is 4.79 Å². The highest BCUT2D eigenvalue weighted by molar-refractivity contribution is 5.78. The maximum Gasteiger partial charge on any atom is 0.236 e. The van der Waals surface area contributed by atoms with Crippen molar-refractivity contribution in [1.82, 2.24) is 10.2 Å².